The summed E-state index contributed by atoms with van der Waals surface area (Å²) in [6, 6.07) is 13.3. The van der Waals surface area contributed by atoms with E-state index in [1.54, 1.807) is 36.4 Å². The second-order valence-electron chi connectivity index (χ2n) is 3.60. The van der Waals surface area contributed by atoms with Crippen LogP contribution in [0.1, 0.15) is 10.4 Å². The molecular weight excluding hydrogens is 230 g/mol. The first-order valence-corrected chi connectivity index (χ1v) is 5.19. The number of anilines is 3. The van der Waals surface area contributed by atoms with Crippen LogP contribution in [-0.4, -0.2) is 11.1 Å². The normalized spacial score (nSPS) is 9.11. The fourth-order valence-electron chi connectivity index (χ4n) is 1.17. The summed E-state index contributed by atoms with van der Waals surface area (Å²) in [7, 11) is 0. The number of hydrogen-bond acceptors (Lipinski definition) is 4. The molecule has 0 aromatic heterocycles. The minimum absolute atomic E-state index is 0.222. The molecule has 0 aliphatic rings. The van der Waals surface area contributed by atoms with Crippen molar-refractivity contribution in [3.8, 4) is 0 Å². The zero-order chi connectivity index (χ0) is 13.5. The van der Waals surface area contributed by atoms with Gasteiger partial charge in [-0.05, 0) is 42.5 Å². The number of rotatable bonds is 1. The van der Waals surface area contributed by atoms with E-state index in [1.807, 2.05) is 0 Å². The van der Waals surface area contributed by atoms with Crippen LogP contribution in [0.3, 0.4) is 0 Å². The van der Waals surface area contributed by atoms with Gasteiger partial charge < -0.3 is 22.3 Å². The SMILES string of the molecule is Nc1ccc(N)cc1.Nc1cccc(C(=O)O)c1. The van der Waals surface area contributed by atoms with Crippen molar-refractivity contribution in [1.82, 2.24) is 0 Å². The maximum atomic E-state index is 10.3. The summed E-state index contributed by atoms with van der Waals surface area (Å²) < 4.78 is 0. The van der Waals surface area contributed by atoms with Crippen molar-refractivity contribution in [1.29, 1.82) is 0 Å². The Bertz CT molecular complexity index is 503. The largest absolute Gasteiger partial charge is 0.478 e. The fourth-order valence-corrected chi connectivity index (χ4v) is 1.17. The lowest BCUT2D eigenvalue weighted by molar-refractivity contribution is 0.0697. The van der Waals surface area contributed by atoms with Crippen LogP contribution < -0.4 is 17.2 Å². The Balaban J connectivity index is 0.000000184. The van der Waals surface area contributed by atoms with Gasteiger partial charge in [-0.1, -0.05) is 6.07 Å². The summed E-state index contributed by atoms with van der Waals surface area (Å²) in [6.45, 7) is 0. The Kier molecular flexibility index (Phi) is 4.57. The van der Waals surface area contributed by atoms with Crippen molar-refractivity contribution in [2.24, 2.45) is 0 Å². The maximum Gasteiger partial charge on any atom is 0.335 e. The van der Waals surface area contributed by atoms with E-state index in [0.29, 0.717) is 5.69 Å². The lowest BCUT2D eigenvalue weighted by atomic mass is 10.2. The number of nitrogen functional groups attached to an aromatic ring is 3. The van der Waals surface area contributed by atoms with Gasteiger partial charge in [-0.2, -0.15) is 0 Å². The molecule has 2 aromatic carbocycles. The molecule has 94 valence electrons. The number of benzene rings is 2. The molecule has 0 heterocycles. The molecule has 2 aromatic rings. The Hall–Kier alpha value is -2.69. The van der Waals surface area contributed by atoms with Crippen molar-refractivity contribution in [3.63, 3.8) is 0 Å². The van der Waals surface area contributed by atoms with Crippen LogP contribution in [0.15, 0.2) is 48.5 Å². The van der Waals surface area contributed by atoms with E-state index in [1.165, 1.54) is 12.1 Å². The van der Waals surface area contributed by atoms with Gasteiger partial charge in [0.05, 0.1) is 5.56 Å². The zero-order valence-electron chi connectivity index (χ0n) is 9.71. The van der Waals surface area contributed by atoms with Crippen molar-refractivity contribution in [2.45, 2.75) is 0 Å². The van der Waals surface area contributed by atoms with Crippen LogP contribution >= 0.6 is 0 Å². The van der Waals surface area contributed by atoms with Gasteiger partial charge >= 0.3 is 5.97 Å². The molecular formula is C13H15N3O2. The molecule has 5 nitrogen and oxygen atoms in total. The van der Waals surface area contributed by atoms with E-state index in [0.717, 1.165) is 11.4 Å². The highest BCUT2D eigenvalue weighted by atomic mass is 16.4. The molecule has 0 radical (unpaired) electrons. The van der Waals surface area contributed by atoms with Crippen molar-refractivity contribution < 1.29 is 9.90 Å². The molecule has 0 unspecified atom stereocenters. The molecule has 2 rings (SSSR count). The molecule has 18 heavy (non-hydrogen) atoms. The quantitative estimate of drug-likeness (QED) is 0.572. The highest BCUT2D eigenvalue weighted by Crippen LogP contribution is 2.05. The molecule has 0 amide bonds. The third kappa shape index (κ3) is 4.44. The third-order valence-corrected chi connectivity index (χ3v) is 2.07. The van der Waals surface area contributed by atoms with E-state index < -0.39 is 5.97 Å². The smallest absolute Gasteiger partial charge is 0.335 e. The van der Waals surface area contributed by atoms with Gasteiger partial charge in [0, 0.05) is 17.1 Å². The number of carbonyl (C=O) groups is 1. The molecule has 7 N–H and O–H groups in total. The number of carboxylic acid groups (broad SMARTS) is 1. The predicted molar refractivity (Wildman–Crippen MR) is 73.1 cm³/mol. The topological polar surface area (TPSA) is 115 Å². The summed E-state index contributed by atoms with van der Waals surface area (Å²) in [5, 5.41) is 8.45. The van der Waals surface area contributed by atoms with Crippen LogP contribution in [0.25, 0.3) is 0 Å². The number of carboxylic acids is 1. The summed E-state index contributed by atoms with van der Waals surface area (Å²) in [6.07, 6.45) is 0. The molecule has 0 saturated carbocycles. The molecule has 0 fully saturated rings. The standard InChI is InChI=1S/C7H7NO2.C6H8N2/c8-6-3-1-2-5(4-6)7(9)10;7-5-1-2-6(8)4-3-5/h1-4H,8H2,(H,9,10);1-4H,7-8H2. The van der Waals surface area contributed by atoms with E-state index in [2.05, 4.69) is 0 Å². The zero-order valence-corrected chi connectivity index (χ0v) is 9.71. The monoisotopic (exact) mass is 245 g/mol. The van der Waals surface area contributed by atoms with E-state index >= 15 is 0 Å². The van der Waals surface area contributed by atoms with Crippen molar-refractivity contribution in [3.05, 3.63) is 54.1 Å². The predicted octanol–water partition coefficient (Wildman–Crippen LogP) is 1.82. The van der Waals surface area contributed by atoms with Gasteiger partial charge in [-0.25, -0.2) is 4.79 Å². The van der Waals surface area contributed by atoms with Gasteiger partial charge in [-0.15, -0.1) is 0 Å². The molecule has 0 bridgehead atoms. The summed E-state index contributed by atoms with van der Waals surface area (Å²) in [4.78, 5) is 10.3. The molecule has 5 heteroatoms. The van der Waals surface area contributed by atoms with Crippen LogP contribution in [0.2, 0.25) is 0 Å². The number of nitrogens with two attached hydrogens (primary N) is 3. The lowest BCUT2D eigenvalue weighted by Crippen LogP contribution is -1.96. The van der Waals surface area contributed by atoms with Gasteiger partial charge in [0.25, 0.3) is 0 Å². The minimum atomic E-state index is -0.952. The summed E-state index contributed by atoms with van der Waals surface area (Å²) in [5.41, 5.74) is 18.3. The van der Waals surface area contributed by atoms with E-state index in [9.17, 15) is 4.79 Å². The van der Waals surface area contributed by atoms with Crippen LogP contribution in [0.4, 0.5) is 17.1 Å². The highest BCUT2D eigenvalue weighted by Gasteiger charge is 1.99. The van der Waals surface area contributed by atoms with Gasteiger partial charge in [0.2, 0.25) is 0 Å². The van der Waals surface area contributed by atoms with Gasteiger partial charge in [0.15, 0.2) is 0 Å². The lowest BCUT2D eigenvalue weighted by Gasteiger charge is -1.93. The van der Waals surface area contributed by atoms with E-state index in [4.69, 9.17) is 22.3 Å². The van der Waals surface area contributed by atoms with Gasteiger partial charge in [0.1, 0.15) is 0 Å². The average molecular weight is 245 g/mol. The Labute approximate surface area is 105 Å². The Morgan fingerprint density at radius 1 is 0.833 bits per heavy atom. The van der Waals surface area contributed by atoms with Crippen LogP contribution in [0.5, 0.6) is 0 Å². The molecule has 0 aliphatic carbocycles. The van der Waals surface area contributed by atoms with Crippen LogP contribution in [0, 0.1) is 0 Å². The van der Waals surface area contributed by atoms with E-state index in [-0.39, 0.29) is 5.56 Å². The second-order valence-corrected chi connectivity index (χ2v) is 3.60. The molecule has 0 atom stereocenters. The first kappa shape index (κ1) is 13.4. The Morgan fingerprint density at radius 3 is 1.67 bits per heavy atom. The van der Waals surface area contributed by atoms with Crippen LogP contribution in [-0.2, 0) is 0 Å². The minimum Gasteiger partial charge on any atom is -0.478 e. The fraction of sp³-hybridized carbons (Fsp3) is 0. The summed E-state index contributed by atoms with van der Waals surface area (Å²) >= 11 is 0. The number of hydrogen-bond donors (Lipinski definition) is 4. The highest BCUT2D eigenvalue weighted by molar-refractivity contribution is 5.88. The second kappa shape index (κ2) is 6.15. The third-order valence-electron chi connectivity index (χ3n) is 2.07. The maximum absolute atomic E-state index is 10.3. The first-order valence-electron chi connectivity index (χ1n) is 5.19. The number of aromatic carboxylic acids is 1. The van der Waals surface area contributed by atoms with Crippen molar-refractivity contribution in [2.75, 3.05) is 17.2 Å². The molecule has 0 saturated heterocycles. The molecule has 0 aliphatic heterocycles. The molecule has 0 spiro atoms. The average Bonchev–Trinajstić information content (AvgIpc) is 2.34. The Morgan fingerprint density at radius 2 is 1.33 bits per heavy atom. The summed E-state index contributed by atoms with van der Waals surface area (Å²) in [5.74, 6) is -0.952. The van der Waals surface area contributed by atoms with Crippen molar-refractivity contribution >= 4 is 23.0 Å². The van der Waals surface area contributed by atoms with Gasteiger partial charge in [-0.3, -0.25) is 0 Å². The first-order chi connectivity index (χ1) is 8.49.